The van der Waals surface area contributed by atoms with Crippen molar-refractivity contribution in [3.63, 3.8) is 0 Å². The fourth-order valence-electron chi connectivity index (χ4n) is 1.46. The van der Waals surface area contributed by atoms with E-state index in [-0.39, 0.29) is 0 Å². The van der Waals surface area contributed by atoms with Crippen LogP contribution in [0.5, 0.6) is 0 Å². The molecule has 2 atom stereocenters. The number of aliphatic hydroxyl groups is 1. The van der Waals surface area contributed by atoms with Gasteiger partial charge in [0.25, 0.3) is 0 Å². The molecule has 0 radical (unpaired) electrons. The second-order valence-corrected chi connectivity index (χ2v) is 5.30. The highest BCUT2D eigenvalue weighted by atomic mass is 31.2. The molecule has 1 unspecified atom stereocenters. The summed E-state index contributed by atoms with van der Waals surface area (Å²) in [6, 6.07) is 0. The van der Waals surface area contributed by atoms with E-state index in [9.17, 15) is 9.67 Å². The zero-order valence-corrected chi connectivity index (χ0v) is 10.6. The minimum absolute atomic E-state index is 0.315. The van der Waals surface area contributed by atoms with Gasteiger partial charge in [-0.1, -0.05) is 0 Å². The van der Waals surface area contributed by atoms with Crippen LogP contribution in [0.15, 0.2) is 11.9 Å². The topological polar surface area (TPSA) is 65.0 Å². The van der Waals surface area contributed by atoms with Gasteiger partial charge >= 0.3 is 7.60 Å². The largest absolute Gasteiger partial charge is 0.390 e. The maximum absolute atomic E-state index is 12.0. The van der Waals surface area contributed by atoms with Gasteiger partial charge in [0.2, 0.25) is 0 Å². The molecule has 0 aliphatic carbocycles. The lowest BCUT2D eigenvalue weighted by atomic mass is 10.2. The third-order valence-electron chi connectivity index (χ3n) is 2.18. The number of aliphatic hydroxyl groups excluding tert-OH is 1. The van der Waals surface area contributed by atoms with E-state index in [1.807, 2.05) is 0 Å². The Balaban J connectivity index is 2.59. The van der Waals surface area contributed by atoms with Gasteiger partial charge in [0.05, 0.1) is 25.9 Å². The van der Waals surface area contributed by atoms with Gasteiger partial charge in [-0.25, -0.2) is 0 Å². The van der Waals surface area contributed by atoms with Crippen LogP contribution in [0.2, 0.25) is 0 Å². The molecule has 1 aliphatic heterocycles. The molecule has 0 bridgehead atoms. The minimum Gasteiger partial charge on any atom is -0.390 e. The lowest BCUT2D eigenvalue weighted by Crippen LogP contribution is -2.17. The molecule has 6 heteroatoms. The Morgan fingerprint density at radius 1 is 1.44 bits per heavy atom. The molecule has 0 aromatic rings. The van der Waals surface area contributed by atoms with Gasteiger partial charge < -0.3 is 18.9 Å². The summed E-state index contributed by atoms with van der Waals surface area (Å²) in [7, 11) is -3.17. The van der Waals surface area contributed by atoms with E-state index in [0.717, 1.165) is 0 Å². The maximum Gasteiger partial charge on any atom is 0.353 e. The van der Waals surface area contributed by atoms with Crippen molar-refractivity contribution in [1.29, 1.82) is 0 Å². The van der Waals surface area contributed by atoms with E-state index in [0.29, 0.717) is 26.2 Å². The van der Waals surface area contributed by atoms with E-state index >= 15 is 0 Å². The van der Waals surface area contributed by atoms with E-state index in [1.165, 1.54) is 5.82 Å². The number of rotatable bonds is 6. The number of hydrogen-bond acceptors (Lipinski definition) is 5. The van der Waals surface area contributed by atoms with Crippen LogP contribution in [-0.4, -0.2) is 37.1 Å². The van der Waals surface area contributed by atoms with Crippen LogP contribution in [0.1, 0.15) is 20.3 Å². The predicted molar refractivity (Wildman–Crippen MR) is 60.4 cm³/mol. The molecule has 0 spiro atoms. The summed E-state index contributed by atoms with van der Waals surface area (Å²) in [5.41, 5.74) is 0. The van der Waals surface area contributed by atoms with Crippen LogP contribution in [0.25, 0.3) is 0 Å². The molecular formula is C10H19O5P. The molecule has 5 nitrogen and oxygen atoms in total. The third kappa shape index (κ3) is 4.00. The van der Waals surface area contributed by atoms with Gasteiger partial charge in [-0.3, -0.25) is 4.57 Å². The van der Waals surface area contributed by atoms with Crippen LogP contribution >= 0.6 is 7.60 Å². The smallest absolute Gasteiger partial charge is 0.353 e. The summed E-state index contributed by atoms with van der Waals surface area (Å²) in [5.74, 6) is 1.37. The first-order valence-electron chi connectivity index (χ1n) is 5.49. The number of hydrogen-bond donors (Lipinski definition) is 1. The second kappa shape index (κ2) is 6.52. The maximum atomic E-state index is 12.0. The van der Waals surface area contributed by atoms with Gasteiger partial charge in [-0.2, -0.15) is 0 Å². The van der Waals surface area contributed by atoms with Crippen LogP contribution in [0.3, 0.4) is 0 Å². The van der Waals surface area contributed by atoms with Gasteiger partial charge in [-0.05, 0) is 26.3 Å². The molecule has 1 saturated heterocycles. The Morgan fingerprint density at radius 2 is 2.06 bits per heavy atom. The van der Waals surface area contributed by atoms with Crippen LogP contribution in [-0.2, 0) is 18.3 Å². The van der Waals surface area contributed by atoms with Gasteiger partial charge in [-0.15, -0.1) is 0 Å². The van der Waals surface area contributed by atoms with Crippen molar-refractivity contribution in [2.45, 2.75) is 32.5 Å². The van der Waals surface area contributed by atoms with Gasteiger partial charge in [0.1, 0.15) is 6.10 Å². The fraction of sp³-hybridized carbons (Fsp3) is 0.800. The molecule has 1 N–H and O–H groups in total. The first kappa shape index (κ1) is 13.9. The van der Waals surface area contributed by atoms with Crippen molar-refractivity contribution in [1.82, 2.24) is 0 Å². The second-order valence-electron chi connectivity index (χ2n) is 3.41. The summed E-state index contributed by atoms with van der Waals surface area (Å²) in [6.07, 6.45) is 1.22. The molecule has 1 heterocycles. The number of ether oxygens (including phenoxy) is 1. The lowest BCUT2D eigenvalue weighted by molar-refractivity contribution is 0.0748. The molecule has 16 heavy (non-hydrogen) atoms. The highest BCUT2D eigenvalue weighted by Crippen LogP contribution is 2.49. The SMILES string of the molecule is CCOP(=O)(/C=C/[C@H]1OCCC1O)OCC. The fourth-order valence-corrected chi connectivity index (χ4v) is 2.80. The molecule has 0 aromatic carbocycles. The van der Waals surface area contributed by atoms with Crippen LogP contribution in [0, 0.1) is 0 Å². The Kier molecular flexibility index (Phi) is 5.66. The van der Waals surface area contributed by atoms with Crippen molar-refractivity contribution >= 4 is 7.60 Å². The Morgan fingerprint density at radius 3 is 2.50 bits per heavy atom. The molecule has 0 amide bonds. The van der Waals surface area contributed by atoms with Crippen molar-refractivity contribution in [2.75, 3.05) is 19.8 Å². The molecule has 94 valence electrons. The van der Waals surface area contributed by atoms with E-state index < -0.39 is 19.8 Å². The van der Waals surface area contributed by atoms with Gasteiger partial charge in [0.15, 0.2) is 0 Å². The summed E-state index contributed by atoms with van der Waals surface area (Å²) in [5, 5.41) is 9.50. The van der Waals surface area contributed by atoms with Crippen molar-refractivity contribution in [2.24, 2.45) is 0 Å². The summed E-state index contributed by atoms with van der Waals surface area (Å²) in [4.78, 5) is 0. The molecule has 1 aliphatic rings. The Bertz CT molecular complexity index is 268. The average Bonchev–Trinajstić information content (AvgIpc) is 2.62. The zero-order chi connectivity index (χ0) is 12.0. The normalized spacial score (nSPS) is 26.7. The van der Waals surface area contributed by atoms with Crippen LogP contribution < -0.4 is 0 Å². The van der Waals surface area contributed by atoms with Crippen molar-refractivity contribution in [3.05, 3.63) is 11.9 Å². The Labute approximate surface area is 95.9 Å². The van der Waals surface area contributed by atoms with Crippen molar-refractivity contribution in [3.8, 4) is 0 Å². The quantitative estimate of drug-likeness (QED) is 0.729. The third-order valence-corrected chi connectivity index (χ3v) is 3.95. The minimum atomic E-state index is -3.17. The molecule has 1 rings (SSSR count). The summed E-state index contributed by atoms with van der Waals surface area (Å²) >= 11 is 0. The van der Waals surface area contributed by atoms with E-state index in [2.05, 4.69) is 0 Å². The summed E-state index contributed by atoms with van der Waals surface area (Å²) < 4.78 is 27.4. The van der Waals surface area contributed by atoms with Crippen molar-refractivity contribution < 1.29 is 23.5 Å². The van der Waals surface area contributed by atoms with E-state index in [1.54, 1.807) is 19.9 Å². The average molecular weight is 250 g/mol. The molecule has 0 aromatic heterocycles. The van der Waals surface area contributed by atoms with E-state index in [4.69, 9.17) is 13.8 Å². The zero-order valence-electron chi connectivity index (χ0n) is 9.67. The first-order valence-corrected chi connectivity index (χ1v) is 7.10. The highest BCUT2D eigenvalue weighted by molar-refractivity contribution is 7.57. The molecular weight excluding hydrogens is 231 g/mol. The first-order chi connectivity index (χ1) is 7.61. The highest BCUT2D eigenvalue weighted by Gasteiger charge is 2.26. The van der Waals surface area contributed by atoms with Gasteiger partial charge in [0, 0.05) is 5.82 Å². The summed E-state index contributed by atoms with van der Waals surface area (Å²) in [6.45, 7) is 4.65. The van der Waals surface area contributed by atoms with Crippen LogP contribution in [0.4, 0.5) is 0 Å². The standard InChI is InChI=1S/C10H19O5P/c1-3-14-16(12,15-4-2)8-6-10-9(11)5-7-13-10/h6,8-11H,3-5,7H2,1-2H3/b8-6+/t9?,10-/m1/s1. The molecule has 1 fully saturated rings. The monoisotopic (exact) mass is 250 g/mol. The molecule has 0 saturated carbocycles. The Hall–Kier alpha value is -0.190. The lowest BCUT2D eigenvalue weighted by Gasteiger charge is -2.14. The predicted octanol–water partition coefficient (Wildman–Crippen LogP) is 1.92.